The third-order valence-electron chi connectivity index (χ3n) is 2.94. The van der Waals surface area contributed by atoms with Crippen molar-refractivity contribution < 1.29 is 0 Å². The molecule has 0 aliphatic heterocycles. The quantitative estimate of drug-likeness (QED) is 0.708. The van der Waals surface area contributed by atoms with Crippen molar-refractivity contribution in [2.75, 3.05) is 0 Å². The Hall–Kier alpha value is -2.36. The van der Waals surface area contributed by atoms with E-state index in [1.165, 1.54) is 16.1 Å². The molecule has 0 bridgehead atoms. The number of hydrogen-bond acceptors (Lipinski definition) is 2. The Balaban J connectivity index is 2.22. The molecule has 2 heterocycles. The Morgan fingerprint density at radius 2 is 1.83 bits per heavy atom. The number of benzene rings is 1. The van der Waals surface area contributed by atoms with Crippen LogP contribution in [0.1, 0.15) is 11.3 Å². The maximum atomic E-state index is 11.8. The second-order valence-electron chi connectivity index (χ2n) is 4.47. The molecule has 0 atom stereocenters. The van der Waals surface area contributed by atoms with Gasteiger partial charge in [-0.1, -0.05) is 29.8 Å². The molecule has 0 aliphatic rings. The van der Waals surface area contributed by atoms with Gasteiger partial charge < -0.3 is 0 Å². The van der Waals surface area contributed by atoms with E-state index in [9.17, 15) is 4.79 Å². The third kappa shape index (κ3) is 1.72. The molecule has 3 rings (SSSR count). The fraction of sp³-hybridized carbons (Fsp3) is 0.143. The number of nitrogens with zero attached hydrogens (tertiary/aromatic N) is 2. The highest BCUT2D eigenvalue weighted by molar-refractivity contribution is 5.64. The first-order valence-corrected chi connectivity index (χ1v) is 5.80. The topological polar surface area (TPSA) is 50.2 Å². The fourth-order valence-electron chi connectivity index (χ4n) is 1.99. The first kappa shape index (κ1) is 10.8. The van der Waals surface area contributed by atoms with Gasteiger partial charge in [0.25, 0.3) is 5.56 Å². The van der Waals surface area contributed by atoms with Crippen LogP contribution in [-0.2, 0) is 0 Å². The Morgan fingerprint density at radius 3 is 2.56 bits per heavy atom. The molecular weight excluding hydrogens is 226 g/mol. The van der Waals surface area contributed by atoms with Gasteiger partial charge >= 0.3 is 0 Å². The second-order valence-corrected chi connectivity index (χ2v) is 4.47. The monoisotopic (exact) mass is 239 g/mol. The summed E-state index contributed by atoms with van der Waals surface area (Å²) in [5, 5.41) is 3.07. The summed E-state index contributed by atoms with van der Waals surface area (Å²) in [6.07, 6.45) is 0. The molecule has 90 valence electrons. The smallest absolute Gasteiger partial charge is 0.272 e. The predicted molar refractivity (Wildman–Crippen MR) is 70.7 cm³/mol. The maximum Gasteiger partial charge on any atom is 0.272 e. The van der Waals surface area contributed by atoms with E-state index in [0.717, 1.165) is 17.0 Å². The van der Waals surface area contributed by atoms with Gasteiger partial charge in [-0.2, -0.15) is 0 Å². The molecule has 0 aliphatic carbocycles. The number of aromatic nitrogens is 3. The molecular formula is C14H13N3O. The number of rotatable bonds is 1. The van der Waals surface area contributed by atoms with E-state index in [-0.39, 0.29) is 5.56 Å². The molecule has 1 N–H and O–H groups in total. The second kappa shape index (κ2) is 3.84. The first-order chi connectivity index (χ1) is 8.63. The van der Waals surface area contributed by atoms with Crippen LogP contribution in [0.3, 0.4) is 0 Å². The minimum Gasteiger partial charge on any atom is -0.289 e. The SMILES string of the molecule is Cc1ccc(-c2cc3nc(C)cc(=O)n3[nH]2)cc1. The summed E-state index contributed by atoms with van der Waals surface area (Å²) in [5.41, 5.74) is 4.44. The van der Waals surface area contributed by atoms with Crippen LogP contribution in [0.15, 0.2) is 41.2 Å². The van der Waals surface area contributed by atoms with Crippen LogP contribution in [0, 0.1) is 13.8 Å². The van der Waals surface area contributed by atoms with Crippen LogP contribution in [0.4, 0.5) is 0 Å². The highest BCUT2D eigenvalue weighted by Gasteiger charge is 2.06. The van der Waals surface area contributed by atoms with E-state index in [4.69, 9.17) is 0 Å². The van der Waals surface area contributed by atoms with E-state index in [0.29, 0.717) is 5.65 Å². The molecule has 4 heteroatoms. The lowest BCUT2D eigenvalue weighted by Crippen LogP contribution is -2.14. The summed E-state index contributed by atoms with van der Waals surface area (Å²) in [6.45, 7) is 3.87. The van der Waals surface area contributed by atoms with Gasteiger partial charge in [0.15, 0.2) is 5.65 Å². The molecule has 0 radical (unpaired) electrons. The fourth-order valence-corrected chi connectivity index (χ4v) is 1.99. The molecule has 0 saturated heterocycles. The normalized spacial score (nSPS) is 11.0. The van der Waals surface area contributed by atoms with Crippen molar-refractivity contribution in [3.63, 3.8) is 0 Å². The van der Waals surface area contributed by atoms with Crippen molar-refractivity contribution >= 4 is 5.65 Å². The van der Waals surface area contributed by atoms with Gasteiger partial charge in [0.1, 0.15) is 0 Å². The van der Waals surface area contributed by atoms with Gasteiger partial charge in [-0.3, -0.25) is 9.89 Å². The summed E-state index contributed by atoms with van der Waals surface area (Å²) in [5.74, 6) is 0. The van der Waals surface area contributed by atoms with Crippen molar-refractivity contribution in [2.24, 2.45) is 0 Å². The van der Waals surface area contributed by atoms with Crippen LogP contribution in [0.2, 0.25) is 0 Å². The molecule has 4 nitrogen and oxygen atoms in total. The lowest BCUT2D eigenvalue weighted by molar-refractivity contribution is 0.893. The zero-order chi connectivity index (χ0) is 12.7. The Bertz CT molecular complexity index is 766. The average Bonchev–Trinajstić information content (AvgIpc) is 2.74. The van der Waals surface area contributed by atoms with Gasteiger partial charge in [-0.25, -0.2) is 9.50 Å². The number of fused-ring (bicyclic) bond motifs is 1. The molecule has 2 aromatic heterocycles. The summed E-state index contributed by atoms with van der Waals surface area (Å²) in [6, 6.07) is 11.5. The standard InChI is InChI=1S/C14H13N3O/c1-9-3-5-11(6-4-9)12-8-13-15-10(2)7-14(18)17(13)16-12/h3-8,16H,1-2H3. The molecule has 18 heavy (non-hydrogen) atoms. The van der Waals surface area contributed by atoms with Crippen molar-refractivity contribution in [1.29, 1.82) is 0 Å². The van der Waals surface area contributed by atoms with Crippen molar-refractivity contribution in [3.05, 3.63) is 58.0 Å². The van der Waals surface area contributed by atoms with Crippen LogP contribution in [0.5, 0.6) is 0 Å². The van der Waals surface area contributed by atoms with Gasteiger partial charge in [-0.15, -0.1) is 0 Å². The van der Waals surface area contributed by atoms with E-state index >= 15 is 0 Å². The van der Waals surface area contributed by atoms with Crippen molar-refractivity contribution in [3.8, 4) is 11.3 Å². The lowest BCUT2D eigenvalue weighted by atomic mass is 10.1. The van der Waals surface area contributed by atoms with E-state index in [1.807, 2.05) is 44.2 Å². The van der Waals surface area contributed by atoms with Crippen LogP contribution < -0.4 is 5.56 Å². The Labute approximate surface area is 104 Å². The molecule has 0 amide bonds. The van der Waals surface area contributed by atoms with Crippen molar-refractivity contribution in [2.45, 2.75) is 13.8 Å². The molecule has 1 aromatic carbocycles. The lowest BCUT2D eigenvalue weighted by Gasteiger charge is -1.97. The summed E-state index contributed by atoms with van der Waals surface area (Å²) in [7, 11) is 0. The van der Waals surface area contributed by atoms with Gasteiger partial charge in [0.05, 0.1) is 5.69 Å². The zero-order valence-electron chi connectivity index (χ0n) is 10.3. The van der Waals surface area contributed by atoms with Crippen molar-refractivity contribution in [1.82, 2.24) is 14.6 Å². The van der Waals surface area contributed by atoms with Crippen LogP contribution >= 0.6 is 0 Å². The van der Waals surface area contributed by atoms with Crippen LogP contribution in [0.25, 0.3) is 16.9 Å². The van der Waals surface area contributed by atoms with Gasteiger partial charge in [-0.05, 0) is 19.4 Å². The highest BCUT2D eigenvalue weighted by atomic mass is 16.1. The largest absolute Gasteiger partial charge is 0.289 e. The third-order valence-corrected chi connectivity index (χ3v) is 2.94. The van der Waals surface area contributed by atoms with Gasteiger partial charge in [0, 0.05) is 17.8 Å². The highest BCUT2D eigenvalue weighted by Crippen LogP contribution is 2.18. The minimum absolute atomic E-state index is 0.0872. The van der Waals surface area contributed by atoms with Gasteiger partial charge in [0.2, 0.25) is 0 Å². The number of aromatic amines is 1. The molecule has 0 fully saturated rings. The predicted octanol–water partition coefficient (Wildman–Crippen LogP) is 2.31. The minimum atomic E-state index is -0.0872. The van der Waals surface area contributed by atoms with Crippen LogP contribution in [-0.4, -0.2) is 14.6 Å². The summed E-state index contributed by atoms with van der Waals surface area (Å²) in [4.78, 5) is 16.1. The molecule has 0 saturated carbocycles. The zero-order valence-corrected chi connectivity index (χ0v) is 10.3. The Kier molecular flexibility index (Phi) is 2.30. The first-order valence-electron chi connectivity index (χ1n) is 5.80. The number of nitrogens with one attached hydrogen (secondary N) is 1. The number of aryl methyl sites for hydroxylation is 2. The van der Waals surface area contributed by atoms with E-state index in [2.05, 4.69) is 10.1 Å². The summed E-state index contributed by atoms with van der Waals surface area (Å²) < 4.78 is 1.46. The molecule has 0 spiro atoms. The maximum absolute atomic E-state index is 11.8. The van der Waals surface area contributed by atoms with E-state index < -0.39 is 0 Å². The number of hydrogen-bond donors (Lipinski definition) is 1. The molecule has 3 aromatic rings. The average molecular weight is 239 g/mol. The summed E-state index contributed by atoms with van der Waals surface area (Å²) >= 11 is 0. The number of H-pyrrole nitrogens is 1. The van der Waals surface area contributed by atoms with E-state index in [1.54, 1.807) is 0 Å². The molecule has 0 unspecified atom stereocenters. The Morgan fingerprint density at radius 1 is 1.11 bits per heavy atom.